The van der Waals surface area contributed by atoms with Gasteiger partial charge in [0.1, 0.15) is 0 Å². The van der Waals surface area contributed by atoms with Crippen molar-refractivity contribution in [2.75, 3.05) is 45.2 Å². The Bertz CT molecular complexity index is 933. The van der Waals surface area contributed by atoms with Crippen molar-refractivity contribution in [2.45, 2.75) is 32.0 Å². The SMILES string of the molecule is CCc1cccc(NC(=O)CNC(=NC)N2CC3OCCN(Cc4ccccc4)C3C2)c1. The molecule has 0 saturated carbocycles. The van der Waals surface area contributed by atoms with Gasteiger partial charge in [0, 0.05) is 38.9 Å². The highest BCUT2D eigenvalue weighted by atomic mass is 16.5. The van der Waals surface area contributed by atoms with Gasteiger partial charge in [0.25, 0.3) is 0 Å². The van der Waals surface area contributed by atoms with E-state index in [0.29, 0.717) is 6.04 Å². The molecule has 2 aromatic rings. The maximum absolute atomic E-state index is 12.5. The summed E-state index contributed by atoms with van der Waals surface area (Å²) in [4.78, 5) is 21.6. The van der Waals surface area contributed by atoms with E-state index in [1.165, 1.54) is 11.1 Å². The molecule has 2 fully saturated rings. The molecule has 2 heterocycles. The smallest absolute Gasteiger partial charge is 0.243 e. The second-order valence-corrected chi connectivity index (χ2v) is 8.34. The predicted octanol–water partition coefficient (Wildman–Crippen LogP) is 2.35. The summed E-state index contributed by atoms with van der Waals surface area (Å²) in [7, 11) is 1.76. The Hall–Kier alpha value is -2.90. The summed E-state index contributed by atoms with van der Waals surface area (Å²) in [5.74, 6) is 0.651. The summed E-state index contributed by atoms with van der Waals surface area (Å²) >= 11 is 0. The van der Waals surface area contributed by atoms with E-state index < -0.39 is 0 Å². The third-order valence-corrected chi connectivity index (χ3v) is 6.18. The van der Waals surface area contributed by atoms with E-state index >= 15 is 0 Å². The largest absolute Gasteiger partial charge is 0.373 e. The Labute approximate surface area is 190 Å². The minimum absolute atomic E-state index is 0.0852. The minimum atomic E-state index is -0.0852. The van der Waals surface area contributed by atoms with Gasteiger partial charge in [-0.3, -0.25) is 14.7 Å². The molecule has 0 radical (unpaired) electrons. The molecule has 2 unspecified atom stereocenters. The Morgan fingerprint density at radius 2 is 1.94 bits per heavy atom. The highest BCUT2D eigenvalue weighted by Crippen LogP contribution is 2.24. The van der Waals surface area contributed by atoms with Gasteiger partial charge in [-0.1, -0.05) is 49.4 Å². The van der Waals surface area contributed by atoms with Crippen molar-refractivity contribution in [2.24, 2.45) is 4.99 Å². The fraction of sp³-hybridized carbons (Fsp3) is 0.440. The van der Waals surface area contributed by atoms with Crippen molar-refractivity contribution in [3.63, 3.8) is 0 Å². The van der Waals surface area contributed by atoms with E-state index in [1.807, 2.05) is 18.2 Å². The Kier molecular flexibility index (Phi) is 7.39. The van der Waals surface area contributed by atoms with Gasteiger partial charge in [0.15, 0.2) is 5.96 Å². The number of ether oxygens (including phenoxy) is 1. The standard InChI is InChI=1S/C25H33N5O2/c1-3-19-10-7-11-21(14-19)28-24(31)15-27-25(26-2)30-17-22-23(18-30)32-13-12-29(22)16-20-8-5-4-6-9-20/h4-11,14,22-23H,3,12-13,15-18H2,1-2H3,(H,26,27)(H,28,31). The normalized spacial score (nSPS) is 21.3. The Morgan fingerprint density at radius 3 is 2.72 bits per heavy atom. The second-order valence-electron chi connectivity index (χ2n) is 8.34. The first kappa shape index (κ1) is 22.3. The summed E-state index contributed by atoms with van der Waals surface area (Å²) in [6.07, 6.45) is 1.09. The molecule has 2 atom stereocenters. The second kappa shape index (κ2) is 10.6. The molecule has 0 aliphatic carbocycles. The number of guanidine groups is 1. The topological polar surface area (TPSA) is 69.2 Å². The van der Waals surface area contributed by atoms with Crippen LogP contribution in [0.4, 0.5) is 5.69 Å². The third-order valence-electron chi connectivity index (χ3n) is 6.18. The first-order valence-electron chi connectivity index (χ1n) is 11.4. The van der Waals surface area contributed by atoms with Crippen molar-refractivity contribution in [1.29, 1.82) is 0 Å². The summed E-state index contributed by atoms with van der Waals surface area (Å²) < 4.78 is 6.08. The Balaban J connectivity index is 1.32. The maximum atomic E-state index is 12.5. The monoisotopic (exact) mass is 435 g/mol. The number of nitrogens with one attached hydrogen (secondary N) is 2. The van der Waals surface area contributed by atoms with Crippen LogP contribution in [0.25, 0.3) is 0 Å². The molecule has 170 valence electrons. The molecular weight excluding hydrogens is 402 g/mol. The lowest BCUT2D eigenvalue weighted by molar-refractivity contribution is -0.115. The molecule has 32 heavy (non-hydrogen) atoms. The first-order valence-corrected chi connectivity index (χ1v) is 11.4. The van der Waals surface area contributed by atoms with Gasteiger partial charge >= 0.3 is 0 Å². The van der Waals surface area contributed by atoms with Crippen LogP contribution in [-0.4, -0.2) is 73.6 Å². The zero-order valence-corrected chi connectivity index (χ0v) is 19.0. The summed E-state index contributed by atoms with van der Waals surface area (Å²) in [5, 5.41) is 6.19. The van der Waals surface area contributed by atoms with Crippen LogP contribution in [0.5, 0.6) is 0 Å². The molecule has 7 nitrogen and oxygen atoms in total. The van der Waals surface area contributed by atoms with Gasteiger partial charge < -0.3 is 20.3 Å². The number of nitrogens with zero attached hydrogens (tertiary/aromatic N) is 3. The van der Waals surface area contributed by atoms with E-state index in [9.17, 15) is 4.79 Å². The van der Waals surface area contributed by atoms with Gasteiger partial charge in [-0.05, 0) is 29.7 Å². The highest BCUT2D eigenvalue weighted by molar-refractivity contribution is 5.95. The van der Waals surface area contributed by atoms with Gasteiger partial charge in [-0.25, -0.2) is 0 Å². The van der Waals surface area contributed by atoms with E-state index in [4.69, 9.17) is 4.74 Å². The van der Waals surface area contributed by atoms with Crippen molar-refractivity contribution >= 4 is 17.6 Å². The lowest BCUT2D eigenvalue weighted by atomic mass is 10.1. The quantitative estimate of drug-likeness (QED) is 0.539. The number of carbonyl (C=O) groups excluding carboxylic acids is 1. The number of hydrogen-bond donors (Lipinski definition) is 2. The summed E-state index contributed by atoms with van der Waals surface area (Å²) in [5.41, 5.74) is 3.34. The van der Waals surface area contributed by atoms with Gasteiger partial charge in [0.05, 0.1) is 25.3 Å². The van der Waals surface area contributed by atoms with Crippen molar-refractivity contribution < 1.29 is 9.53 Å². The number of likely N-dealkylation sites (tertiary alicyclic amines) is 1. The fourth-order valence-corrected chi connectivity index (χ4v) is 4.51. The van der Waals surface area contributed by atoms with Gasteiger partial charge in [-0.2, -0.15) is 0 Å². The molecule has 2 aliphatic rings. The van der Waals surface area contributed by atoms with Crippen LogP contribution in [0.1, 0.15) is 18.1 Å². The molecule has 2 aromatic carbocycles. The van der Waals surface area contributed by atoms with Crippen molar-refractivity contribution in [1.82, 2.24) is 15.1 Å². The van der Waals surface area contributed by atoms with Crippen LogP contribution in [-0.2, 0) is 22.5 Å². The number of carbonyl (C=O) groups is 1. The number of morpholine rings is 1. The summed E-state index contributed by atoms with van der Waals surface area (Å²) in [6, 6.07) is 18.8. The van der Waals surface area contributed by atoms with E-state index in [1.54, 1.807) is 7.05 Å². The number of amides is 1. The van der Waals surface area contributed by atoms with Crippen LogP contribution < -0.4 is 10.6 Å². The molecular formula is C25H33N5O2. The molecule has 0 aromatic heterocycles. The Morgan fingerprint density at radius 1 is 1.12 bits per heavy atom. The number of aliphatic imine (C=N–C) groups is 1. The van der Waals surface area contributed by atoms with E-state index in [0.717, 1.165) is 50.9 Å². The average Bonchev–Trinajstić information content (AvgIpc) is 3.25. The first-order chi connectivity index (χ1) is 15.7. The highest BCUT2D eigenvalue weighted by Gasteiger charge is 2.41. The van der Waals surface area contributed by atoms with Crippen molar-refractivity contribution in [3.05, 3.63) is 65.7 Å². The van der Waals surface area contributed by atoms with Crippen LogP contribution in [0.2, 0.25) is 0 Å². The lowest BCUT2D eigenvalue weighted by Crippen LogP contribution is -2.50. The van der Waals surface area contributed by atoms with Crippen LogP contribution in [0, 0.1) is 0 Å². The molecule has 0 bridgehead atoms. The summed E-state index contributed by atoms with van der Waals surface area (Å²) in [6.45, 7) is 6.47. The zero-order valence-electron chi connectivity index (χ0n) is 19.0. The molecule has 2 N–H and O–H groups in total. The molecule has 2 aliphatic heterocycles. The number of fused-ring (bicyclic) bond motifs is 1. The fourth-order valence-electron chi connectivity index (χ4n) is 4.51. The van der Waals surface area contributed by atoms with Crippen LogP contribution >= 0.6 is 0 Å². The molecule has 7 heteroatoms. The van der Waals surface area contributed by atoms with E-state index in [-0.39, 0.29) is 18.6 Å². The predicted molar refractivity (Wildman–Crippen MR) is 128 cm³/mol. The number of benzene rings is 2. The zero-order chi connectivity index (χ0) is 22.3. The number of rotatable bonds is 6. The number of anilines is 1. The number of hydrogen-bond acceptors (Lipinski definition) is 4. The maximum Gasteiger partial charge on any atom is 0.243 e. The lowest BCUT2D eigenvalue weighted by Gasteiger charge is -2.36. The average molecular weight is 436 g/mol. The van der Waals surface area contributed by atoms with Crippen LogP contribution in [0.3, 0.4) is 0 Å². The molecule has 1 amide bonds. The molecule has 4 rings (SSSR count). The molecule has 2 saturated heterocycles. The molecule has 0 spiro atoms. The third kappa shape index (κ3) is 5.47. The van der Waals surface area contributed by atoms with Crippen LogP contribution in [0.15, 0.2) is 59.6 Å². The minimum Gasteiger partial charge on any atom is -0.373 e. The van der Waals surface area contributed by atoms with Gasteiger partial charge in [-0.15, -0.1) is 0 Å². The van der Waals surface area contributed by atoms with E-state index in [2.05, 4.69) is 68.7 Å². The number of aryl methyl sites for hydroxylation is 1. The van der Waals surface area contributed by atoms with Crippen molar-refractivity contribution in [3.8, 4) is 0 Å². The van der Waals surface area contributed by atoms with Gasteiger partial charge in [0.2, 0.25) is 5.91 Å².